The molecule has 0 amide bonds. The molecule has 13 heteroatoms. The largest absolute Gasteiger partial charge is 0.494 e. The zero-order chi connectivity index (χ0) is 26.0. The van der Waals surface area contributed by atoms with E-state index in [-0.39, 0.29) is 11.8 Å². The molecule has 2 atom stereocenters. The second-order valence-electron chi connectivity index (χ2n) is 8.51. The summed E-state index contributed by atoms with van der Waals surface area (Å²) >= 11 is 0. The van der Waals surface area contributed by atoms with E-state index in [0.717, 1.165) is 18.8 Å². The maximum Gasteiger partial charge on any atom is 0.243 e. The molecule has 4 aromatic rings. The Morgan fingerprint density at radius 3 is 2.38 bits per heavy atom. The van der Waals surface area contributed by atoms with Gasteiger partial charge in [0.15, 0.2) is 11.6 Å². The Bertz CT molecular complexity index is 1450. The Balaban J connectivity index is 1.60. The summed E-state index contributed by atoms with van der Waals surface area (Å²) in [5.41, 5.74) is 0.392. The van der Waals surface area contributed by atoms with Gasteiger partial charge in [0.05, 0.1) is 38.1 Å². The van der Waals surface area contributed by atoms with Crippen molar-refractivity contribution in [1.29, 1.82) is 0 Å². The highest BCUT2D eigenvalue weighted by Crippen LogP contribution is 2.40. The van der Waals surface area contributed by atoms with Gasteiger partial charge in [-0.05, 0) is 37.1 Å². The fourth-order valence-corrected chi connectivity index (χ4v) is 6.37. The van der Waals surface area contributed by atoms with Crippen molar-refractivity contribution in [2.75, 3.05) is 18.9 Å². The Kier molecular flexibility index (Phi) is 6.78. The quantitative estimate of drug-likeness (QED) is 0.361. The standard InChI is InChI=1S/C24H25FN6O5S/c1-34-17-8-5-9-18(35-2)21(17)31-23(19-10-6-12-36-19)28-29-24(31)30-37(32,33)20-11-4-3-7-16(20)22-26-13-15(25)14-27-22/h5-6,8-10,12-14,16,20H,3-4,7,11H2,1-2H3,(H,29,30). The van der Waals surface area contributed by atoms with Crippen LogP contribution in [0.4, 0.5) is 10.3 Å². The average Bonchev–Trinajstić information content (AvgIpc) is 3.58. The molecule has 0 aliphatic heterocycles. The SMILES string of the molecule is COc1cccc(OC)c1-n1c(NS(=O)(=O)C2CCCCC2c2ncc(F)cn2)nnc1-c1ccco1. The molecule has 0 spiro atoms. The molecule has 1 N–H and O–H groups in total. The second kappa shape index (κ2) is 10.2. The number of furan rings is 1. The number of benzene rings is 1. The second-order valence-corrected chi connectivity index (χ2v) is 10.4. The molecule has 3 aromatic heterocycles. The van der Waals surface area contributed by atoms with Crippen molar-refractivity contribution in [3.05, 3.63) is 60.6 Å². The Morgan fingerprint density at radius 2 is 1.73 bits per heavy atom. The summed E-state index contributed by atoms with van der Waals surface area (Å²) < 4.78 is 61.8. The summed E-state index contributed by atoms with van der Waals surface area (Å²) in [6.07, 6.45) is 6.05. The molecule has 194 valence electrons. The summed E-state index contributed by atoms with van der Waals surface area (Å²) in [6.45, 7) is 0. The molecule has 1 saturated carbocycles. The summed E-state index contributed by atoms with van der Waals surface area (Å²) in [6, 6.07) is 8.55. The van der Waals surface area contributed by atoms with Crippen LogP contribution in [0.3, 0.4) is 0 Å². The van der Waals surface area contributed by atoms with E-state index in [1.165, 1.54) is 25.0 Å². The van der Waals surface area contributed by atoms with Crippen LogP contribution in [0.5, 0.6) is 11.5 Å². The lowest BCUT2D eigenvalue weighted by Gasteiger charge is -2.30. The predicted molar refractivity (Wildman–Crippen MR) is 132 cm³/mol. The van der Waals surface area contributed by atoms with Crippen LogP contribution in [-0.2, 0) is 10.0 Å². The van der Waals surface area contributed by atoms with E-state index in [0.29, 0.717) is 48.0 Å². The van der Waals surface area contributed by atoms with E-state index in [1.807, 2.05) is 0 Å². The highest BCUT2D eigenvalue weighted by Gasteiger charge is 2.39. The first-order chi connectivity index (χ1) is 17.9. The number of halogens is 1. The lowest BCUT2D eigenvalue weighted by Crippen LogP contribution is -2.37. The fourth-order valence-electron chi connectivity index (χ4n) is 4.66. The first-order valence-corrected chi connectivity index (χ1v) is 13.2. The number of hydrogen-bond acceptors (Lipinski definition) is 9. The van der Waals surface area contributed by atoms with Crippen molar-refractivity contribution in [1.82, 2.24) is 24.7 Å². The lowest BCUT2D eigenvalue weighted by molar-refractivity contribution is 0.391. The van der Waals surface area contributed by atoms with Crippen LogP contribution in [-0.4, -0.2) is 52.6 Å². The van der Waals surface area contributed by atoms with Crippen molar-refractivity contribution >= 4 is 16.0 Å². The van der Waals surface area contributed by atoms with Crippen molar-refractivity contribution in [3.8, 4) is 28.8 Å². The lowest BCUT2D eigenvalue weighted by atomic mass is 9.88. The van der Waals surface area contributed by atoms with Crippen LogP contribution in [0.1, 0.15) is 37.4 Å². The van der Waals surface area contributed by atoms with Gasteiger partial charge in [-0.2, -0.15) is 0 Å². The number of nitrogens with one attached hydrogen (secondary N) is 1. The molecule has 5 rings (SSSR count). The van der Waals surface area contributed by atoms with E-state index in [1.54, 1.807) is 30.3 Å². The van der Waals surface area contributed by atoms with E-state index in [4.69, 9.17) is 13.9 Å². The van der Waals surface area contributed by atoms with Gasteiger partial charge in [-0.25, -0.2) is 22.8 Å². The zero-order valence-corrected chi connectivity index (χ0v) is 21.0. The van der Waals surface area contributed by atoms with Crippen LogP contribution >= 0.6 is 0 Å². The van der Waals surface area contributed by atoms with E-state index in [2.05, 4.69) is 24.9 Å². The first kappa shape index (κ1) is 24.7. The average molecular weight is 529 g/mol. The number of nitrogens with zero attached hydrogens (tertiary/aromatic N) is 5. The molecule has 0 bridgehead atoms. The predicted octanol–water partition coefficient (Wildman–Crippen LogP) is 3.94. The maximum atomic E-state index is 13.8. The van der Waals surface area contributed by atoms with Gasteiger partial charge in [-0.3, -0.25) is 9.29 Å². The summed E-state index contributed by atoms with van der Waals surface area (Å²) in [5, 5.41) is 7.52. The van der Waals surface area contributed by atoms with Crippen molar-refractivity contribution in [2.45, 2.75) is 36.9 Å². The monoisotopic (exact) mass is 528 g/mol. The molecule has 1 aliphatic carbocycles. The molecule has 11 nitrogen and oxygen atoms in total. The van der Waals surface area contributed by atoms with Crippen LogP contribution in [0.2, 0.25) is 0 Å². The summed E-state index contributed by atoms with van der Waals surface area (Å²) in [7, 11) is -1.04. The third kappa shape index (κ3) is 4.73. The molecule has 1 fully saturated rings. The number of para-hydroxylation sites is 1. The Morgan fingerprint density at radius 1 is 1.03 bits per heavy atom. The maximum absolute atomic E-state index is 13.8. The normalized spacial score (nSPS) is 17.9. The molecule has 0 radical (unpaired) electrons. The molecule has 0 saturated heterocycles. The summed E-state index contributed by atoms with van der Waals surface area (Å²) in [4.78, 5) is 8.13. The third-order valence-electron chi connectivity index (χ3n) is 6.34. The molecular weight excluding hydrogens is 503 g/mol. The van der Waals surface area contributed by atoms with Gasteiger partial charge in [-0.15, -0.1) is 10.2 Å². The molecular formula is C24H25FN6O5S. The molecule has 3 heterocycles. The van der Waals surface area contributed by atoms with Crippen LogP contribution < -0.4 is 14.2 Å². The van der Waals surface area contributed by atoms with Crippen LogP contribution in [0.15, 0.2) is 53.4 Å². The van der Waals surface area contributed by atoms with Crippen molar-refractivity contribution in [2.24, 2.45) is 0 Å². The van der Waals surface area contributed by atoms with Gasteiger partial charge in [0.25, 0.3) is 0 Å². The highest BCUT2D eigenvalue weighted by atomic mass is 32.2. The number of aromatic nitrogens is 5. The summed E-state index contributed by atoms with van der Waals surface area (Å²) in [5.74, 6) is 0.549. The third-order valence-corrected chi connectivity index (χ3v) is 8.17. The Hall–Kier alpha value is -4.00. The molecule has 1 aliphatic rings. The Labute approximate surface area is 212 Å². The van der Waals surface area contributed by atoms with Gasteiger partial charge >= 0.3 is 0 Å². The minimum Gasteiger partial charge on any atom is -0.494 e. The smallest absolute Gasteiger partial charge is 0.243 e. The van der Waals surface area contributed by atoms with Crippen molar-refractivity contribution < 1.29 is 26.7 Å². The number of methoxy groups -OCH3 is 2. The molecule has 2 unspecified atom stereocenters. The minimum absolute atomic E-state index is 0.0708. The van der Waals surface area contributed by atoms with E-state index >= 15 is 0 Å². The number of ether oxygens (including phenoxy) is 2. The minimum atomic E-state index is -4.03. The van der Waals surface area contributed by atoms with Gasteiger partial charge in [0.1, 0.15) is 23.0 Å². The number of anilines is 1. The fraction of sp³-hybridized carbons (Fsp3) is 0.333. The molecule has 1 aromatic carbocycles. The topological polar surface area (TPSA) is 134 Å². The van der Waals surface area contributed by atoms with Crippen LogP contribution in [0, 0.1) is 5.82 Å². The van der Waals surface area contributed by atoms with Gasteiger partial charge in [0, 0.05) is 5.92 Å². The highest BCUT2D eigenvalue weighted by molar-refractivity contribution is 7.93. The van der Waals surface area contributed by atoms with Gasteiger partial charge in [-0.1, -0.05) is 18.9 Å². The van der Waals surface area contributed by atoms with Gasteiger partial charge < -0.3 is 13.9 Å². The number of rotatable bonds is 8. The molecule has 37 heavy (non-hydrogen) atoms. The van der Waals surface area contributed by atoms with E-state index in [9.17, 15) is 12.8 Å². The van der Waals surface area contributed by atoms with Crippen LogP contribution in [0.25, 0.3) is 17.3 Å². The zero-order valence-electron chi connectivity index (χ0n) is 20.2. The number of sulfonamides is 1. The first-order valence-electron chi connectivity index (χ1n) is 11.6. The van der Waals surface area contributed by atoms with Gasteiger partial charge in [0.2, 0.25) is 21.8 Å². The van der Waals surface area contributed by atoms with Crippen molar-refractivity contribution in [3.63, 3.8) is 0 Å². The number of hydrogen-bond donors (Lipinski definition) is 1. The van der Waals surface area contributed by atoms with E-state index < -0.39 is 27.0 Å².